The summed E-state index contributed by atoms with van der Waals surface area (Å²) in [6.45, 7) is 6.29. The summed E-state index contributed by atoms with van der Waals surface area (Å²) in [4.78, 5) is 12.1. The molecule has 23 heavy (non-hydrogen) atoms. The van der Waals surface area contributed by atoms with Gasteiger partial charge >= 0.3 is 5.97 Å². The second-order valence-corrected chi connectivity index (χ2v) is 7.53. The third-order valence-corrected chi connectivity index (χ3v) is 5.52. The summed E-state index contributed by atoms with van der Waals surface area (Å²) in [5.74, 6) is -0.648. The van der Waals surface area contributed by atoms with Gasteiger partial charge in [-0.25, -0.2) is 13.2 Å². The van der Waals surface area contributed by atoms with Gasteiger partial charge in [0.05, 0.1) is 23.7 Å². The number of hydrogen-bond donors (Lipinski definition) is 0. The molecule has 1 fully saturated rings. The highest BCUT2D eigenvalue weighted by Gasteiger charge is 2.28. The van der Waals surface area contributed by atoms with Crippen LogP contribution in [0.5, 0.6) is 0 Å². The number of morpholine rings is 1. The van der Waals surface area contributed by atoms with E-state index in [0.717, 1.165) is 0 Å². The summed E-state index contributed by atoms with van der Waals surface area (Å²) in [5.41, 5.74) is 0.718. The number of rotatable bonds is 5. The van der Waals surface area contributed by atoms with Crippen LogP contribution in [-0.2, 0) is 19.5 Å². The molecule has 0 radical (unpaired) electrons. The maximum absolute atomic E-state index is 12.7. The predicted octanol–water partition coefficient (Wildman–Crippen LogP) is 1.93. The third-order valence-electron chi connectivity index (χ3n) is 3.37. The lowest BCUT2D eigenvalue weighted by Gasteiger charge is -2.26. The number of halogens is 1. The van der Waals surface area contributed by atoms with Crippen molar-refractivity contribution in [3.05, 3.63) is 40.9 Å². The SMILES string of the molecule is C=C(Cl)COC(=O)c1ccc(C)c(S(=O)(=O)N2CCOCC2)c1. The van der Waals surface area contributed by atoms with E-state index in [4.69, 9.17) is 21.1 Å². The minimum absolute atomic E-state index is 0.0959. The van der Waals surface area contributed by atoms with Gasteiger partial charge in [-0.2, -0.15) is 4.31 Å². The molecule has 1 aromatic rings. The van der Waals surface area contributed by atoms with Crippen LogP contribution in [-0.4, -0.2) is 51.6 Å². The topological polar surface area (TPSA) is 72.9 Å². The Labute approximate surface area is 140 Å². The molecule has 0 N–H and O–H groups in total. The van der Waals surface area contributed by atoms with Gasteiger partial charge in [0.2, 0.25) is 10.0 Å². The number of carbonyl (C=O) groups excluding carboxylic acids is 1. The van der Waals surface area contributed by atoms with Gasteiger partial charge < -0.3 is 9.47 Å². The molecule has 1 aliphatic heterocycles. The molecule has 0 atom stereocenters. The first-order valence-corrected chi connectivity index (χ1v) is 8.83. The maximum atomic E-state index is 12.7. The van der Waals surface area contributed by atoms with E-state index >= 15 is 0 Å². The van der Waals surface area contributed by atoms with Gasteiger partial charge in [-0.1, -0.05) is 24.2 Å². The normalized spacial score (nSPS) is 16.1. The van der Waals surface area contributed by atoms with E-state index in [2.05, 4.69) is 6.58 Å². The van der Waals surface area contributed by atoms with Crippen LogP contribution in [0.3, 0.4) is 0 Å². The van der Waals surface area contributed by atoms with Gasteiger partial charge in [0.25, 0.3) is 0 Å². The van der Waals surface area contributed by atoms with Crippen molar-refractivity contribution in [3.8, 4) is 0 Å². The summed E-state index contributed by atoms with van der Waals surface area (Å²) >= 11 is 5.55. The summed E-state index contributed by atoms with van der Waals surface area (Å²) in [7, 11) is -3.68. The van der Waals surface area contributed by atoms with Gasteiger partial charge in [0.15, 0.2) is 0 Å². The molecular weight excluding hydrogens is 342 g/mol. The molecule has 8 heteroatoms. The minimum atomic E-state index is -3.68. The van der Waals surface area contributed by atoms with Gasteiger partial charge in [-0.05, 0) is 24.6 Å². The van der Waals surface area contributed by atoms with Crippen molar-refractivity contribution in [2.24, 2.45) is 0 Å². The Morgan fingerprint density at radius 3 is 2.65 bits per heavy atom. The molecule has 1 aliphatic rings. The van der Waals surface area contributed by atoms with E-state index in [1.807, 2.05) is 0 Å². The number of nitrogens with zero attached hydrogens (tertiary/aromatic N) is 1. The lowest BCUT2D eigenvalue weighted by molar-refractivity contribution is 0.0545. The fraction of sp³-hybridized carbons (Fsp3) is 0.400. The molecule has 0 aromatic heterocycles. The van der Waals surface area contributed by atoms with Gasteiger partial charge in [-0.15, -0.1) is 0 Å². The smallest absolute Gasteiger partial charge is 0.338 e. The van der Waals surface area contributed by atoms with Crippen LogP contribution in [0.4, 0.5) is 0 Å². The van der Waals surface area contributed by atoms with Crippen molar-refractivity contribution in [2.75, 3.05) is 32.9 Å². The number of carbonyl (C=O) groups is 1. The fourth-order valence-electron chi connectivity index (χ4n) is 2.16. The Bertz CT molecular complexity index is 711. The second-order valence-electron chi connectivity index (χ2n) is 5.09. The molecule has 1 heterocycles. The number of hydrogen-bond acceptors (Lipinski definition) is 5. The van der Waals surface area contributed by atoms with Crippen LogP contribution >= 0.6 is 11.6 Å². The van der Waals surface area contributed by atoms with Crippen LogP contribution in [0, 0.1) is 6.92 Å². The third kappa shape index (κ3) is 4.32. The Hall–Kier alpha value is -1.41. The van der Waals surface area contributed by atoms with Crippen LogP contribution in [0.1, 0.15) is 15.9 Å². The molecule has 0 amide bonds. The zero-order valence-corrected chi connectivity index (χ0v) is 14.3. The zero-order valence-electron chi connectivity index (χ0n) is 12.7. The van der Waals surface area contributed by atoms with Crippen LogP contribution in [0.2, 0.25) is 0 Å². The van der Waals surface area contributed by atoms with Crippen molar-refractivity contribution in [1.82, 2.24) is 4.31 Å². The first-order valence-electron chi connectivity index (χ1n) is 7.01. The van der Waals surface area contributed by atoms with Gasteiger partial charge in [-0.3, -0.25) is 0 Å². The summed E-state index contributed by atoms with van der Waals surface area (Å²) in [6.07, 6.45) is 0. The molecule has 1 saturated heterocycles. The van der Waals surface area contributed by atoms with Crippen molar-refractivity contribution in [3.63, 3.8) is 0 Å². The average molecular weight is 360 g/mol. The predicted molar refractivity (Wildman–Crippen MR) is 86.0 cm³/mol. The lowest BCUT2D eigenvalue weighted by Crippen LogP contribution is -2.40. The van der Waals surface area contributed by atoms with Crippen LogP contribution < -0.4 is 0 Å². The standard InChI is InChI=1S/C15H18ClNO5S/c1-11-3-4-13(15(18)22-10-12(2)16)9-14(11)23(19,20)17-5-7-21-8-6-17/h3-4,9H,2,5-8,10H2,1H3. The van der Waals surface area contributed by atoms with Gasteiger partial charge in [0.1, 0.15) is 6.61 Å². The zero-order chi connectivity index (χ0) is 17.0. The van der Waals surface area contributed by atoms with Crippen molar-refractivity contribution >= 4 is 27.6 Å². The minimum Gasteiger partial charge on any atom is -0.456 e. The Balaban J connectivity index is 2.29. The molecule has 0 unspecified atom stereocenters. The monoisotopic (exact) mass is 359 g/mol. The summed E-state index contributed by atoms with van der Waals surface area (Å²) < 4.78 is 36.9. The Morgan fingerprint density at radius 2 is 2.04 bits per heavy atom. The highest BCUT2D eigenvalue weighted by Crippen LogP contribution is 2.22. The highest BCUT2D eigenvalue weighted by atomic mass is 35.5. The van der Waals surface area contributed by atoms with E-state index in [9.17, 15) is 13.2 Å². The molecular formula is C15H18ClNO5S. The Morgan fingerprint density at radius 1 is 1.39 bits per heavy atom. The van der Waals surface area contributed by atoms with Crippen molar-refractivity contribution < 1.29 is 22.7 Å². The lowest BCUT2D eigenvalue weighted by atomic mass is 10.1. The van der Waals surface area contributed by atoms with Gasteiger partial charge in [0, 0.05) is 18.1 Å². The van der Waals surface area contributed by atoms with Crippen molar-refractivity contribution in [1.29, 1.82) is 0 Å². The summed E-state index contributed by atoms with van der Waals surface area (Å²) in [6, 6.07) is 4.44. The molecule has 126 valence electrons. The number of esters is 1. The van der Waals surface area contributed by atoms with Crippen molar-refractivity contribution in [2.45, 2.75) is 11.8 Å². The fourth-order valence-corrected chi connectivity index (χ4v) is 3.87. The first-order chi connectivity index (χ1) is 10.8. The number of aryl methyl sites for hydroxylation is 1. The number of benzene rings is 1. The van der Waals surface area contributed by atoms with E-state index < -0.39 is 16.0 Å². The molecule has 0 saturated carbocycles. The first kappa shape index (κ1) is 17.9. The highest BCUT2D eigenvalue weighted by molar-refractivity contribution is 7.89. The summed E-state index contributed by atoms with van der Waals surface area (Å²) in [5, 5.41) is 0.187. The van der Waals surface area contributed by atoms with Crippen LogP contribution in [0.15, 0.2) is 34.7 Å². The molecule has 0 bridgehead atoms. The van der Waals surface area contributed by atoms with E-state index in [1.165, 1.54) is 16.4 Å². The molecule has 1 aromatic carbocycles. The molecule has 6 nitrogen and oxygen atoms in total. The maximum Gasteiger partial charge on any atom is 0.338 e. The largest absolute Gasteiger partial charge is 0.456 e. The quantitative estimate of drug-likeness (QED) is 0.751. The van der Waals surface area contributed by atoms with Crippen LogP contribution in [0.25, 0.3) is 0 Å². The second kappa shape index (κ2) is 7.44. The molecule has 0 aliphatic carbocycles. The number of ether oxygens (including phenoxy) is 2. The van der Waals surface area contributed by atoms with E-state index in [1.54, 1.807) is 13.0 Å². The molecule has 2 rings (SSSR count). The van der Waals surface area contributed by atoms with E-state index in [0.29, 0.717) is 31.9 Å². The average Bonchev–Trinajstić information content (AvgIpc) is 2.53. The van der Waals surface area contributed by atoms with E-state index in [-0.39, 0.29) is 22.1 Å². The Kier molecular flexibility index (Phi) is 5.80. The number of sulfonamides is 1. The molecule has 0 spiro atoms.